The van der Waals surface area contributed by atoms with Gasteiger partial charge in [0, 0.05) is 36.8 Å². The van der Waals surface area contributed by atoms with E-state index >= 15 is 0 Å². The molecule has 0 aliphatic heterocycles. The lowest BCUT2D eigenvalue weighted by molar-refractivity contribution is -0.142. The molecule has 186 valence electrons. The Balaban J connectivity index is 1.64. The summed E-state index contributed by atoms with van der Waals surface area (Å²) in [7, 11) is 5.09. The molecule has 9 nitrogen and oxygen atoms in total. The molecule has 0 bridgehead atoms. The van der Waals surface area contributed by atoms with Gasteiger partial charge in [-0.1, -0.05) is 30.3 Å². The van der Waals surface area contributed by atoms with Crippen LogP contribution in [0.2, 0.25) is 0 Å². The third kappa shape index (κ3) is 4.79. The van der Waals surface area contributed by atoms with E-state index in [0.717, 1.165) is 11.1 Å². The monoisotopic (exact) mass is 496 g/mol. The summed E-state index contributed by atoms with van der Waals surface area (Å²) < 4.78 is 17.6. The number of esters is 1. The first-order valence-electron chi connectivity index (χ1n) is 11.5. The van der Waals surface area contributed by atoms with Gasteiger partial charge in [-0.3, -0.25) is 4.79 Å². The number of ether oxygens (including phenoxy) is 2. The number of para-hydroxylation sites is 2. The summed E-state index contributed by atoms with van der Waals surface area (Å²) >= 11 is 0. The molecule has 0 fully saturated rings. The normalized spacial score (nSPS) is 11.3. The minimum atomic E-state index is -0.514. The van der Waals surface area contributed by atoms with Gasteiger partial charge in [0.15, 0.2) is 12.4 Å². The molecule has 0 saturated heterocycles. The highest BCUT2D eigenvalue weighted by atomic mass is 16.6. The number of aromatic nitrogens is 2. The fourth-order valence-electron chi connectivity index (χ4n) is 3.83. The molecule has 2 heterocycles. The number of furan rings is 1. The van der Waals surface area contributed by atoms with Crippen molar-refractivity contribution in [1.29, 1.82) is 0 Å². The van der Waals surface area contributed by atoms with E-state index in [0.29, 0.717) is 33.6 Å². The van der Waals surface area contributed by atoms with E-state index in [1.165, 1.54) is 18.0 Å². The summed E-state index contributed by atoms with van der Waals surface area (Å²) in [6.45, 7) is -0.268. The maximum Gasteiger partial charge on any atom is 0.343 e. The Hall–Kier alpha value is -4.92. The van der Waals surface area contributed by atoms with Crippen molar-refractivity contribution in [3.8, 4) is 17.3 Å². The molecular formula is C28H24N4O5. The zero-order valence-electron chi connectivity index (χ0n) is 20.5. The molecule has 0 spiro atoms. The average Bonchev–Trinajstić information content (AvgIpc) is 3.35. The minimum Gasteiger partial charge on any atom is -0.481 e. The number of hydrogen-bond donors (Lipinski definition) is 0. The lowest BCUT2D eigenvalue weighted by Gasteiger charge is -2.15. The van der Waals surface area contributed by atoms with Crippen molar-refractivity contribution >= 4 is 39.7 Å². The zero-order valence-corrected chi connectivity index (χ0v) is 20.5. The lowest BCUT2D eigenvalue weighted by Crippen LogP contribution is -2.20. The van der Waals surface area contributed by atoms with Gasteiger partial charge in [0.25, 0.3) is 5.56 Å². The van der Waals surface area contributed by atoms with E-state index in [1.807, 2.05) is 61.5 Å². The van der Waals surface area contributed by atoms with Crippen molar-refractivity contribution < 1.29 is 18.7 Å². The third-order valence-corrected chi connectivity index (χ3v) is 5.80. The van der Waals surface area contributed by atoms with E-state index in [9.17, 15) is 9.59 Å². The summed E-state index contributed by atoms with van der Waals surface area (Å²) in [6, 6.07) is 21.9. The zero-order chi connectivity index (χ0) is 25.9. The van der Waals surface area contributed by atoms with Gasteiger partial charge in [0.1, 0.15) is 11.3 Å². The second-order valence-electron chi connectivity index (χ2n) is 8.44. The summed E-state index contributed by atoms with van der Waals surface area (Å²) in [4.78, 5) is 31.8. The van der Waals surface area contributed by atoms with Crippen LogP contribution in [0.4, 0.5) is 5.69 Å². The van der Waals surface area contributed by atoms with Gasteiger partial charge in [-0.25, -0.2) is 9.78 Å². The number of benzene rings is 3. The molecule has 0 radical (unpaired) electrons. The second kappa shape index (κ2) is 9.98. The van der Waals surface area contributed by atoms with Gasteiger partial charge in [0.2, 0.25) is 5.82 Å². The Bertz CT molecular complexity index is 1670. The Morgan fingerprint density at radius 2 is 1.86 bits per heavy atom. The molecule has 0 aliphatic carbocycles. The Kier molecular flexibility index (Phi) is 6.42. The molecule has 0 saturated carbocycles. The van der Waals surface area contributed by atoms with E-state index < -0.39 is 5.97 Å². The predicted molar refractivity (Wildman–Crippen MR) is 142 cm³/mol. The standard InChI is InChI=1S/C28H24N4O5/c1-31(2)20-13-12-19(24(15-20)36-17-26(33)35-3)16-29-32-27(25-14-18-8-4-7-11-23(18)37-25)30-22-10-6-5-9-21(22)28(32)34/h4-16H,17H2,1-3H3. The molecule has 0 unspecified atom stereocenters. The first-order chi connectivity index (χ1) is 17.9. The molecule has 0 aliphatic rings. The van der Waals surface area contributed by atoms with Crippen LogP contribution in [0, 0.1) is 0 Å². The number of carbonyl (C=O) groups excluding carboxylic acids is 1. The van der Waals surface area contributed by atoms with E-state index in [-0.39, 0.29) is 18.0 Å². The highest BCUT2D eigenvalue weighted by molar-refractivity contribution is 5.86. The van der Waals surface area contributed by atoms with Crippen molar-refractivity contribution in [3.05, 3.63) is 88.7 Å². The van der Waals surface area contributed by atoms with Crippen LogP contribution in [0.1, 0.15) is 5.56 Å². The van der Waals surface area contributed by atoms with Crippen LogP contribution in [0.15, 0.2) is 87.1 Å². The van der Waals surface area contributed by atoms with E-state index in [1.54, 1.807) is 30.3 Å². The number of methoxy groups -OCH3 is 1. The molecule has 0 N–H and O–H groups in total. The number of carbonyl (C=O) groups is 1. The highest BCUT2D eigenvalue weighted by Gasteiger charge is 2.17. The smallest absolute Gasteiger partial charge is 0.343 e. The highest BCUT2D eigenvalue weighted by Crippen LogP contribution is 2.28. The molecule has 3 aromatic carbocycles. The fourth-order valence-corrected chi connectivity index (χ4v) is 3.83. The molecule has 0 atom stereocenters. The minimum absolute atomic E-state index is 0.262. The van der Waals surface area contributed by atoms with Crippen LogP contribution < -0.4 is 15.2 Å². The Morgan fingerprint density at radius 1 is 1.08 bits per heavy atom. The molecule has 9 heteroatoms. The van der Waals surface area contributed by atoms with Crippen molar-refractivity contribution in [3.63, 3.8) is 0 Å². The summed E-state index contributed by atoms with van der Waals surface area (Å²) in [5.41, 5.74) is 2.29. The maximum absolute atomic E-state index is 13.5. The van der Waals surface area contributed by atoms with Crippen molar-refractivity contribution in [2.75, 3.05) is 32.7 Å². The lowest BCUT2D eigenvalue weighted by atomic mass is 10.2. The van der Waals surface area contributed by atoms with Crippen LogP contribution in [-0.4, -0.2) is 49.7 Å². The van der Waals surface area contributed by atoms with Crippen LogP contribution in [0.25, 0.3) is 33.5 Å². The quantitative estimate of drug-likeness (QED) is 0.245. The van der Waals surface area contributed by atoms with Crippen molar-refractivity contribution in [2.45, 2.75) is 0 Å². The fraction of sp³-hybridized carbons (Fsp3) is 0.143. The number of nitrogens with zero attached hydrogens (tertiary/aromatic N) is 4. The second-order valence-corrected chi connectivity index (χ2v) is 8.44. The molecule has 5 aromatic rings. The summed E-state index contributed by atoms with van der Waals surface area (Å²) in [6.07, 6.45) is 1.50. The largest absolute Gasteiger partial charge is 0.481 e. The Morgan fingerprint density at radius 3 is 2.65 bits per heavy atom. The van der Waals surface area contributed by atoms with Crippen LogP contribution in [-0.2, 0) is 9.53 Å². The third-order valence-electron chi connectivity index (χ3n) is 5.80. The topological polar surface area (TPSA) is 99.2 Å². The van der Waals surface area contributed by atoms with Gasteiger partial charge in [-0.2, -0.15) is 9.78 Å². The molecular weight excluding hydrogens is 472 g/mol. The first kappa shape index (κ1) is 23.8. The Labute approximate surface area is 212 Å². The average molecular weight is 497 g/mol. The van der Waals surface area contributed by atoms with Gasteiger partial charge in [-0.05, 0) is 36.4 Å². The van der Waals surface area contributed by atoms with Crippen molar-refractivity contribution in [2.24, 2.45) is 5.10 Å². The molecule has 2 aromatic heterocycles. The maximum atomic E-state index is 13.5. The molecule has 37 heavy (non-hydrogen) atoms. The van der Waals surface area contributed by atoms with Crippen LogP contribution in [0.5, 0.6) is 5.75 Å². The number of fused-ring (bicyclic) bond motifs is 2. The first-order valence-corrected chi connectivity index (χ1v) is 11.5. The number of anilines is 1. The van der Waals surface area contributed by atoms with Gasteiger partial charge >= 0.3 is 5.97 Å². The van der Waals surface area contributed by atoms with Crippen LogP contribution in [0.3, 0.4) is 0 Å². The number of rotatable bonds is 7. The van der Waals surface area contributed by atoms with E-state index in [4.69, 9.17) is 18.9 Å². The molecule has 0 amide bonds. The van der Waals surface area contributed by atoms with Gasteiger partial charge < -0.3 is 18.8 Å². The molecule has 5 rings (SSSR count). The van der Waals surface area contributed by atoms with E-state index in [2.05, 4.69) is 5.10 Å². The van der Waals surface area contributed by atoms with Crippen molar-refractivity contribution in [1.82, 2.24) is 9.66 Å². The van der Waals surface area contributed by atoms with Gasteiger partial charge in [-0.15, -0.1) is 0 Å². The van der Waals surface area contributed by atoms with Crippen LogP contribution >= 0.6 is 0 Å². The summed E-state index contributed by atoms with van der Waals surface area (Å²) in [5.74, 6) is 0.567. The number of hydrogen-bond acceptors (Lipinski definition) is 8. The van der Waals surface area contributed by atoms with Gasteiger partial charge in [0.05, 0.1) is 24.2 Å². The SMILES string of the molecule is COC(=O)COc1cc(N(C)C)ccc1C=Nn1c(-c2cc3ccccc3o2)nc2ccccc2c1=O. The predicted octanol–water partition coefficient (Wildman–Crippen LogP) is 4.31. The summed E-state index contributed by atoms with van der Waals surface area (Å²) in [5, 5.41) is 5.81.